The first-order valence-electron chi connectivity index (χ1n) is 10.5. The highest BCUT2D eigenvalue weighted by Gasteiger charge is 2.30. The molecule has 2 aromatic carbocycles. The number of aromatic amines is 1. The highest BCUT2D eigenvalue weighted by atomic mass is 32.1. The number of nitrogens with zero attached hydrogens (tertiary/aromatic N) is 2. The number of fused-ring (bicyclic) bond motifs is 1. The van der Waals surface area contributed by atoms with Gasteiger partial charge in [-0.25, -0.2) is 4.99 Å². The number of rotatable bonds is 6. The van der Waals surface area contributed by atoms with E-state index in [-0.39, 0.29) is 17.6 Å². The molecule has 0 bridgehead atoms. The van der Waals surface area contributed by atoms with Crippen molar-refractivity contribution in [2.45, 2.75) is 12.8 Å². The zero-order valence-corrected chi connectivity index (χ0v) is 18.8. The molecule has 1 aliphatic rings. The van der Waals surface area contributed by atoms with Crippen molar-refractivity contribution in [3.63, 3.8) is 0 Å². The summed E-state index contributed by atoms with van der Waals surface area (Å²) in [5.41, 5.74) is 3.75. The lowest BCUT2D eigenvalue weighted by Gasteiger charge is -2.08. The number of ketones is 1. The molecule has 3 N–H and O–H groups in total. The minimum Gasteiger partial charge on any atom is -0.325 e. The molecule has 0 radical (unpaired) electrons. The van der Waals surface area contributed by atoms with Crippen LogP contribution in [0.1, 0.15) is 42.8 Å². The fourth-order valence-corrected chi connectivity index (χ4v) is 4.29. The average Bonchev–Trinajstić information content (AvgIpc) is 3.58. The number of nitrogens with one attached hydrogen (secondary N) is 3. The molecule has 34 heavy (non-hydrogen) atoms. The van der Waals surface area contributed by atoms with Crippen LogP contribution in [0, 0.1) is 6.92 Å². The molecule has 168 valence electrons. The second-order valence-electron chi connectivity index (χ2n) is 7.79. The summed E-state index contributed by atoms with van der Waals surface area (Å²) in [5, 5.41) is 14.3. The van der Waals surface area contributed by atoms with Gasteiger partial charge in [-0.3, -0.25) is 19.5 Å². The molecule has 0 saturated heterocycles. The van der Waals surface area contributed by atoms with Gasteiger partial charge in [-0.2, -0.15) is 5.10 Å². The summed E-state index contributed by atoms with van der Waals surface area (Å²) < 4.78 is 0. The number of carbonyl (C=O) groups is 3. The van der Waals surface area contributed by atoms with Crippen molar-refractivity contribution in [2.75, 3.05) is 10.6 Å². The van der Waals surface area contributed by atoms with E-state index in [1.807, 2.05) is 18.4 Å². The van der Waals surface area contributed by atoms with E-state index >= 15 is 0 Å². The molecule has 5 rings (SSSR count). The van der Waals surface area contributed by atoms with Crippen molar-refractivity contribution in [1.29, 1.82) is 0 Å². The van der Waals surface area contributed by atoms with Crippen LogP contribution in [0.4, 0.5) is 17.2 Å². The number of aryl methyl sites for hydroxylation is 1. The summed E-state index contributed by atoms with van der Waals surface area (Å²) >= 11 is 1.36. The monoisotopic (exact) mass is 469 g/mol. The number of aromatic nitrogens is 2. The standard InChI is InChI=1S/C25H19N5O3S/c1-14-11-22(30-29-14)26-13-19-18-12-16(6-9-20(18)28-24(19)32)23(31)15-4-7-17(8-5-15)27-25(33)21-3-2-10-34-21/h2-13,19H,1H3,(H,27,33)(H,28,32)(H,29,30). The Labute approximate surface area is 198 Å². The third-order valence-corrected chi connectivity index (χ3v) is 6.26. The molecule has 9 heteroatoms. The van der Waals surface area contributed by atoms with Gasteiger partial charge in [0, 0.05) is 40.5 Å². The predicted octanol–water partition coefficient (Wildman–Crippen LogP) is 4.70. The molecule has 2 amide bonds. The lowest BCUT2D eigenvalue weighted by Crippen LogP contribution is -2.13. The number of hydrogen-bond acceptors (Lipinski definition) is 6. The second kappa shape index (κ2) is 8.87. The Morgan fingerprint density at radius 1 is 1.09 bits per heavy atom. The van der Waals surface area contributed by atoms with Crippen LogP contribution in [0.15, 0.2) is 71.0 Å². The smallest absolute Gasteiger partial charge is 0.265 e. The number of anilines is 2. The van der Waals surface area contributed by atoms with E-state index in [1.54, 1.807) is 54.6 Å². The Balaban J connectivity index is 1.34. The van der Waals surface area contributed by atoms with Crippen molar-refractivity contribution in [1.82, 2.24) is 10.2 Å². The summed E-state index contributed by atoms with van der Waals surface area (Å²) in [6, 6.07) is 17.2. The fourth-order valence-electron chi connectivity index (χ4n) is 3.67. The number of hydrogen-bond donors (Lipinski definition) is 3. The van der Waals surface area contributed by atoms with Crippen LogP contribution < -0.4 is 10.6 Å². The van der Waals surface area contributed by atoms with Gasteiger partial charge < -0.3 is 10.6 Å². The van der Waals surface area contributed by atoms with Crippen molar-refractivity contribution in [2.24, 2.45) is 4.99 Å². The molecule has 0 spiro atoms. The van der Waals surface area contributed by atoms with Gasteiger partial charge >= 0.3 is 0 Å². The number of carbonyl (C=O) groups excluding carboxylic acids is 3. The molecule has 0 aliphatic carbocycles. The van der Waals surface area contributed by atoms with E-state index in [2.05, 4.69) is 25.8 Å². The quantitative estimate of drug-likeness (QED) is 0.280. The summed E-state index contributed by atoms with van der Waals surface area (Å²) in [4.78, 5) is 42.7. The average molecular weight is 470 g/mol. The van der Waals surface area contributed by atoms with E-state index in [0.717, 1.165) is 5.69 Å². The third kappa shape index (κ3) is 4.28. The highest BCUT2D eigenvalue weighted by molar-refractivity contribution is 7.12. The molecule has 2 aromatic heterocycles. The van der Waals surface area contributed by atoms with Gasteiger partial charge in [0.15, 0.2) is 11.6 Å². The van der Waals surface area contributed by atoms with E-state index in [4.69, 9.17) is 0 Å². The maximum Gasteiger partial charge on any atom is 0.265 e. The lowest BCUT2D eigenvalue weighted by molar-refractivity contribution is -0.115. The summed E-state index contributed by atoms with van der Waals surface area (Å²) in [6.07, 6.45) is 1.54. The Hall–Kier alpha value is -4.37. The van der Waals surface area contributed by atoms with E-state index in [0.29, 0.717) is 38.8 Å². The number of benzene rings is 2. The second-order valence-corrected chi connectivity index (χ2v) is 8.74. The molecule has 1 atom stereocenters. The first kappa shape index (κ1) is 21.5. The van der Waals surface area contributed by atoms with Gasteiger partial charge in [0.2, 0.25) is 5.91 Å². The molecule has 1 unspecified atom stereocenters. The number of thiophene rings is 1. The van der Waals surface area contributed by atoms with Gasteiger partial charge in [-0.1, -0.05) is 6.07 Å². The zero-order valence-electron chi connectivity index (χ0n) is 18.0. The molecular formula is C25H19N5O3S. The van der Waals surface area contributed by atoms with Gasteiger partial charge in [0.05, 0.1) is 4.88 Å². The largest absolute Gasteiger partial charge is 0.325 e. The zero-order chi connectivity index (χ0) is 23.7. The first-order chi connectivity index (χ1) is 16.5. The Morgan fingerprint density at radius 2 is 1.88 bits per heavy atom. The van der Waals surface area contributed by atoms with Crippen molar-refractivity contribution in [3.05, 3.63) is 93.3 Å². The minimum absolute atomic E-state index is 0.183. The Bertz CT molecular complexity index is 1420. The summed E-state index contributed by atoms with van der Waals surface area (Å²) in [5.74, 6) is -0.715. The molecule has 3 heterocycles. The van der Waals surface area contributed by atoms with Crippen LogP contribution in [0.2, 0.25) is 0 Å². The number of aliphatic imine (C=N–C) groups is 1. The SMILES string of the molecule is Cc1cc(N=CC2C(=O)Nc3ccc(C(=O)c4ccc(NC(=O)c5cccs5)cc4)cc32)n[nH]1. The number of H-pyrrole nitrogens is 1. The van der Waals surface area contributed by atoms with Gasteiger partial charge in [0.1, 0.15) is 5.92 Å². The van der Waals surface area contributed by atoms with Crippen molar-refractivity contribution < 1.29 is 14.4 Å². The number of amides is 2. The molecule has 0 saturated carbocycles. The van der Waals surface area contributed by atoms with Gasteiger partial charge in [-0.15, -0.1) is 11.3 Å². The fraction of sp³-hybridized carbons (Fsp3) is 0.0800. The highest BCUT2D eigenvalue weighted by Crippen LogP contribution is 2.33. The maximum atomic E-state index is 13.1. The molecule has 8 nitrogen and oxygen atoms in total. The van der Waals surface area contributed by atoms with Crippen LogP contribution >= 0.6 is 11.3 Å². The maximum absolute atomic E-state index is 13.1. The Morgan fingerprint density at radius 3 is 2.59 bits per heavy atom. The van der Waals surface area contributed by atoms with Crippen LogP contribution in [-0.4, -0.2) is 34.0 Å². The van der Waals surface area contributed by atoms with Crippen LogP contribution in [0.25, 0.3) is 0 Å². The van der Waals surface area contributed by atoms with E-state index < -0.39 is 5.92 Å². The van der Waals surface area contributed by atoms with E-state index in [9.17, 15) is 14.4 Å². The summed E-state index contributed by atoms with van der Waals surface area (Å²) in [7, 11) is 0. The summed E-state index contributed by atoms with van der Waals surface area (Å²) in [6.45, 7) is 1.87. The minimum atomic E-state index is -0.616. The first-order valence-corrected chi connectivity index (χ1v) is 11.4. The van der Waals surface area contributed by atoms with Gasteiger partial charge in [0.25, 0.3) is 5.91 Å². The van der Waals surface area contributed by atoms with Crippen LogP contribution in [0.5, 0.6) is 0 Å². The molecule has 4 aromatic rings. The molecular weight excluding hydrogens is 450 g/mol. The predicted molar refractivity (Wildman–Crippen MR) is 131 cm³/mol. The van der Waals surface area contributed by atoms with Crippen molar-refractivity contribution >= 4 is 52.3 Å². The molecule has 0 fully saturated rings. The third-order valence-electron chi connectivity index (χ3n) is 5.39. The lowest BCUT2D eigenvalue weighted by atomic mass is 9.96. The molecule has 1 aliphatic heterocycles. The van der Waals surface area contributed by atoms with Crippen LogP contribution in [-0.2, 0) is 4.79 Å². The van der Waals surface area contributed by atoms with Crippen LogP contribution in [0.3, 0.4) is 0 Å². The normalized spacial score (nSPS) is 14.7. The van der Waals surface area contributed by atoms with Crippen molar-refractivity contribution in [3.8, 4) is 0 Å². The topological polar surface area (TPSA) is 116 Å². The van der Waals surface area contributed by atoms with E-state index in [1.165, 1.54) is 17.6 Å². The van der Waals surface area contributed by atoms with Gasteiger partial charge in [-0.05, 0) is 66.4 Å². The Kier molecular flexibility index (Phi) is 5.60.